The fraction of sp³-hybridized carbons (Fsp3) is 0.200. The van der Waals surface area contributed by atoms with Crippen LogP contribution in [0, 0.1) is 11.6 Å². The van der Waals surface area contributed by atoms with Gasteiger partial charge in [-0.3, -0.25) is 4.79 Å². The number of pyridine rings is 1. The van der Waals surface area contributed by atoms with Crippen molar-refractivity contribution in [1.29, 1.82) is 0 Å². The molecule has 1 unspecified atom stereocenters. The molecule has 0 bridgehead atoms. The van der Waals surface area contributed by atoms with Crippen LogP contribution in [0.4, 0.5) is 19.6 Å². The van der Waals surface area contributed by atoms with Crippen molar-refractivity contribution in [1.82, 2.24) is 4.98 Å². The molecule has 0 saturated carbocycles. The molecule has 152 valence electrons. The molecule has 2 heterocycles. The summed E-state index contributed by atoms with van der Waals surface area (Å²) in [7, 11) is 0. The molecule has 0 spiro atoms. The van der Waals surface area contributed by atoms with Crippen molar-refractivity contribution in [3.8, 4) is 10.4 Å². The summed E-state index contributed by atoms with van der Waals surface area (Å²) in [5.41, 5.74) is 9.81. The highest BCUT2D eigenvalue weighted by Gasteiger charge is 2.22. The number of nitrogens with two attached hydrogens (primary N) is 2. The van der Waals surface area contributed by atoms with E-state index in [1.54, 1.807) is 30.3 Å². The van der Waals surface area contributed by atoms with Gasteiger partial charge in [0, 0.05) is 4.88 Å². The van der Waals surface area contributed by atoms with Crippen molar-refractivity contribution >= 4 is 28.1 Å². The number of amides is 1. The molecule has 0 saturated heterocycles. The molecule has 0 radical (unpaired) electrons. The number of halogens is 2. The molecule has 9 heteroatoms. The molecule has 6 nitrogen and oxygen atoms in total. The molecule has 0 aliphatic heterocycles. The van der Waals surface area contributed by atoms with Gasteiger partial charge in [-0.25, -0.2) is 13.8 Å². The largest absolute Gasteiger partial charge is 0.386 e. The standard InChI is InChI=1S/C20H20F2N4O2S/c1-20(2,28)10-8-11(21)17(12(22)9-10)14-6-7-16(29-14)26-15-5-3-4-13(25-15)18(23)19(24)27/h3-9,18,28H,23H2,1-2H3,(H2,24,27)(H,25,26). The highest BCUT2D eigenvalue weighted by molar-refractivity contribution is 7.19. The van der Waals surface area contributed by atoms with E-state index in [1.807, 2.05) is 0 Å². The number of primary amides is 1. The zero-order valence-electron chi connectivity index (χ0n) is 15.7. The fourth-order valence-electron chi connectivity index (χ4n) is 2.67. The summed E-state index contributed by atoms with van der Waals surface area (Å²) in [5, 5.41) is 13.6. The van der Waals surface area contributed by atoms with Gasteiger partial charge in [0.15, 0.2) is 0 Å². The van der Waals surface area contributed by atoms with Gasteiger partial charge < -0.3 is 21.9 Å². The van der Waals surface area contributed by atoms with E-state index in [9.17, 15) is 18.7 Å². The summed E-state index contributed by atoms with van der Waals surface area (Å²) >= 11 is 1.13. The van der Waals surface area contributed by atoms with Gasteiger partial charge in [0.05, 0.1) is 21.9 Å². The number of carbonyl (C=O) groups is 1. The molecule has 1 atom stereocenters. The number of hydrogen-bond donors (Lipinski definition) is 4. The fourth-order valence-corrected chi connectivity index (χ4v) is 3.63. The zero-order valence-corrected chi connectivity index (χ0v) is 16.6. The number of benzene rings is 1. The average Bonchev–Trinajstić information content (AvgIpc) is 3.07. The monoisotopic (exact) mass is 418 g/mol. The first-order chi connectivity index (χ1) is 13.6. The van der Waals surface area contributed by atoms with Crippen LogP contribution < -0.4 is 16.8 Å². The Kier molecular flexibility index (Phi) is 5.65. The van der Waals surface area contributed by atoms with Crippen LogP contribution in [0.2, 0.25) is 0 Å². The topological polar surface area (TPSA) is 114 Å². The first-order valence-electron chi connectivity index (χ1n) is 8.67. The van der Waals surface area contributed by atoms with E-state index in [1.165, 1.54) is 13.8 Å². The molecule has 6 N–H and O–H groups in total. The lowest BCUT2D eigenvalue weighted by Gasteiger charge is -2.18. The van der Waals surface area contributed by atoms with Gasteiger partial charge in [0.2, 0.25) is 5.91 Å². The number of aliphatic hydroxyl groups is 1. The Hall–Kier alpha value is -2.88. The van der Waals surface area contributed by atoms with Crippen LogP contribution in [0.1, 0.15) is 31.1 Å². The molecule has 29 heavy (non-hydrogen) atoms. The van der Waals surface area contributed by atoms with E-state index in [2.05, 4.69) is 10.3 Å². The summed E-state index contributed by atoms with van der Waals surface area (Å²) in [5.74, 6) is -1.81. The van der Waals surface area contributed by atoms with Crippen LogP contribution in [0.25, 0.3) is 10.4 Å². The number of thiophene rings is 1. The number of nitrogens with zero attached hydrogens (tertiary/aromatic N) is 1. The lowest BCUT2D eigenvalue weighted by Crippen LogP contribution is -2.29. The summed E-state index contributed by atoms with van der Waals surface area (Å²) in [6, 6.07) is 9.36. The second-order valence-corrected chi connectivity index (χ2v) is 8.07. The Labute approximate surface area is 170 Å². The number of rotatable bonds is 6. The molecule has 3 aromatic rings. The van der Waals surface area contributed by atoms with Gasteiger partial charge in [-0.2, -0.15) is 0 Å². The van der Waals surface area contributed by atoms with Crippen molar-refractivity contribution in [3.05, 3.63) is 65.4 Å². The summed E-state index contributed by atoms with van der Waals surface area (Å²) in [6.07, 6.45) is 0. The molecule has 2 aromatic heterocycles. The van der Waals surface area contributed by atoms with Crippen LogP contribution in [-0.2, 0) is 10.4 Å². The van der Waals surface area contributed by atoms with Gasteiger partial charge in [0.25, 0.3) is 0 Å². The lowest BCUT2D eigenvalue weighted by molar-refractivity contribution is -0.119. The first kappa shape index (κ1) is 20.8. The SMILES string of the molecule is CC(C)(O)c1cc(F)c(-c2ccc(Nc3cccc(C(N)C(N)=O)n3)s2)c(F)c1. The Morgan fingerprint density at radius 2 is 1.86 bits per heavy atom. The summed E-state index contributed by atoms with van der Waals surface area (Å²) in [6.45, 7) is 2.92. The van der Waals surface area contributed by atoms with Crippen molar-refractivity contribution in [3.63, 3.8) is 0 Å². The Morgan fingerprint density at radius 1 is 1.21 bits per heavy atom. The highest BCUT2D eigenvalue weighted by atomic mass is 32.1. The minimum atomic E-state index is -1.36. The molecule has 3 rings (SSSR count). The maximum absolute atomic E-state index is 14.5. The molecular formula is C20H20F2N4O2S. The third-order valence-corrected chi connectivity index (χ3v) is 5.27. The maximum Gasteiger partial charge on any atom is 0.240 e. The normalized spacial score (nSPS) is 12.6. The van der Waals surface area contributed by atoms with Crippen molar-refractivity contribution in [2.75, 3.05) is 5.32 Å². The van der Waals surface area contributed by atoms with Gasteiger partial charge >= 0.3 is 0 Å². The highest BCUT2D eigenvalue weighted by Crippen LogP contribution is 2.37. The second kappa shape index (κ2) is 7.86. The number of hydrogen-bond acceptors (Lipinski definition) is 6. The Morgan fingerprint density at radius 3 is 2.45 bits per heavy atom. The second-order valence-electron chi connectivity index (χ2n) is 6.99. The van der Waals surface area contributed by atoms with Crippen LogP contribution in [0.5, 0.6) is 0 Å². The molecule has 0 fully saturated rings. The van der Waals surface area contributed by atoms with Crippen molar-refractivity contribution in [2.45, 2.75) is 25.5 Å². The summed E-state index contributed by atoms with van der Waals surface area (Å²) in [4.78, 5) is 15.8. The zero-order chi connectivity index (χ0) is 21.3. The molecule has 1 amide bonds. The van der Waals surface area contributed by atoms with Crippen molar-refractivity contribution < 1.29 is 18.7 Å². The third-order valence-electron chi connectivity index (χ3n) is 4.25. The van der Waals surface area contributed by atoms with Gasteiger partial charge in [-0.05, 0) is 55.8 Å². The van der Waals surface area contributed by atoms with E-state index >= 15 is 0 Å². The number of nitrogens with one attached hydrogen (secondary N) is 1. The van der Waals surface area contributed by atoms with E-state index in [4.69, 9.17) is 11.5 Å². The predicted octanol–water partition coefficient (Wildman–Crippen LogP) is 3.54. The van der Waals surface area contributed by atoms with Crippen LogP contribution >= 0.6 is 11.3 Å². The molecule has 0 aliphatic rings. The smallest absolute Gasteiger partial charge is 0.240 e. The average molecular weight is 418 g/mol. The van der Waals surface area contributed by atoms with E-state index in [0.717, 1.165) is 23.5 Å². The van der Waals surface area contributed by atoms with Crippen molar-refractivity contribution in [2.24, 2.45) is 11.5 Å². The van der Waals surface area contributed by atoms with Gasteiger partial charge in [-0.15, -0.1) is 11.3 Å². The molecular weight excluding hydrogens is 398 g/mol. The lowest BCUT2D eigenvalue weighted by atomic mass is 9.96. The minimum absolute atomic E-state index is 0.151. The minimum Gasteiger partial charge on any atom is -0.386 e. The molecule has 1 aromatic carbocycles. The predicted molar refractivity (Wildman–Crippen MR) is 109 cm³/mol. The Balaban J connectivity index is 1.87. The van der Waals surface area contributed by atoms with Crippen LogP contribution in [-0.4, -0.2) is 16.0 Å². The maximum atomic E-state index is 14.5. The third kappa shape index (κ3) is 4.58. The first-order valence-corrected chi connectivity index (χ1v) is 9.49. The molecule has 0 aliphatic carbocycles. The Bertz CT molecular complexity index is 1040. The van der Waals surface area contributed by atoms with Gasteiger partial charge in [-0.1, -0.05) is 6.07 Å². The number of anilines is 2. The van der Waals surface area contributed by atoms with E-state index in [0.29, 0.717) is 21.4 Å². The summed E-state index contributed by atoms with van der Waals surface area (Å²) < 4.78 is 29.1. The van der Waals surface area contributed by atoms with E-state index < -0.39 is 29.2 Å². The van der Waals surface area contributed by atoms with Crippen LogP contribution in [0.15, 0.2) is 42.5 Å². The number of carbonyl (C=O) groups excluding carboxylic acids is 1. The van der Waals surface area contributed by atoms with E-state index in [-0.39, 0.29) is 11.1 Å². The van der Waals surface area contributed by atoms with Gasteiger partial charge in [0.1, 0.15) is 23.5 Å². The van der Waals surface area contributed by atoms with Crippen LogP contribution in [0.3, 0.4) is 0 Å². The number of aromatic nitrogens is 1. The quantitative estimate of drug-likeness (QED) is 0.489.